The number of nitrogens with one attached hydrogen (secondary N) is 1. The van der Waals surface area contributed by atoms with Crippen molar-refractivity contribution in [2.75, 3.05) is 12.1 Å². The van der Waals surface area contributed by atoms with Gasteiger partial charge in [-0.15, -0.1) is 0 Å². The number of hydrazine groups is 1. The van der Waals surface area contributed by atoms with Gasteiger partial charge >= 0.3 is 5.97 Å². The fourth-order valence-corrected chi connectivity index (χ4v) is 3.33. The molecule has 1 saturated heterocycles. The topological polar surface area (TPSA) is 105 Å². The number of methoxy groups -OCH3 is 1. The van der Waals surface area contributed by atoms with Gasteiger partial charge in [0.05, 0.1) is 18.4 Å². The summed E-state index contributed by atoms with van der Waals surface area (Å²) < 4.78 is 11.4. The Morgan fingerprint density at radius 2 is 1.73 bits per heavy atom. The number of carboxylic acid groups (broad SMARTS) is 1. The van der Waals surface area contributed by atoms with E-state index in [9.17, 15) is 14.4 Å². The van der Waals surface area contributed by atoms with E-state index in [0.29, 0.717) is 22.7 Å². The summed E-state index contributed by atoms with van der Waals surface area (Å²) in [7, 11) is 1.49. The normalized spacial score (nSPS) is 14.3. The molecule has 0 atom stereocenters. The van der Waals surface area contributed by atoms with Crippen LogP contribution in [-0.4, -0.2) is 30.0 Å². The Kier molecular flexibility index (Phi) is 6.08. The molecule has 2 N–H and O–H groups in total. The number of para-hydroxylation sites is 2. The molecule has 166 valence electrons. The van der Waals surface area contributed by atoms with Gasteiger partial charge in [-0.2, -0.15) is 0 Å². The first-order valence-corrected chi connectivity index (χ1v) is 10.0. The van der Waals surface area contributed by atoms with Crippen LogP contribution in [0.1, 0.15) is 21.5 Å². The van der Waals surface area contributed by atoms with Crippen molar-refractivity contribution in [1.29, 1.82) is 0 Å². The molecule has 1 aliphatic heterocycles. The molecule has 8 heteroatoms. The molecule has 1 aliphatic rings. The van der Waals surface area contributed by atoms with Gasteiger partial charge in [-0.1, -0.05) is 42.5 Å². The van der Waals surface area contributed by atoms with Gasteiger partial charge < -0.3 is 14.6 Å². The van der Waals surface area contributed by atoms with Gasteiger partial charge in [0.1, 0.15) is 12.2 Å². The number of anilines is 1. The maximum atomic E-state index is 12.9. The standard InChI is InChI=1S/C25H20N2O6/c1-32-21-9-5-6-18(22(21)33-15-16-10-12-17(13-11-16)25(30)31)14-20-23(28)26-27(24(20)29)19-7-3-2-4-8-19/h2-14H,15H2,1H3,(H,26,28)(H,30,31). The van der Waals surface area contributed by atoms with Crippen molar-refractivity contribution in [3.63, 3.8) is 0 Å². The van der Waals surface area contributed by atoms with E-state index in [-0.39, 0.29) is 17.7 Å². The second-order valence-corrected chi connectivity index (χ2v) is 7.14. The minimum absolute atomic E-state index is 0.0391. The Morgan fingerprint density at radius 1 is 1.00 bits per heavy atom. The van der Waals surface area contributed by atoms with E-state index in [1.54, 1.807) is 54.6 Å². The predicted octanol–water partition coefficient (Wildman–Crippen LogP) is 3.43. The summed E-state index contributed by atoms with van der Waals surface area (Å²) in [5.41, 5.74) is 4.49. The summed E-state index contributed by atoms with van der Waals surface area (Å²) >= 11 is 0. The molecule has 0 aromatic heterocycles. The molecule has 1 fully saturated rings. The predicted molar refractivity (Wildman–Crippen MR) is 121 cm³/mol. The van der Waals surface area contributed by atoms with Gasteiger partial charge in [0.25, 0.3) is 11.8 Å². The van der Waals surface area contributed by atoms with E-state index in [2.05, 4.69) is 5.43 Å². The number of carbonyl (C=O) groups excluding carboxylic acids is 2. The third-order valence-electron chi connectivity index (χ3n) is 5.02. The highest BCUT2D eigenvalue weighted by Crippen LogP contribution is 2.34. The van der Waals surface area contributed by atoms with Crippen molar-refractivity contribution in [3.8, 4) is 11.5 Å². The second kappa shape index (κ2) is 9.27. The Morgan fingerprint density at radius 3 is 2.39 bits per heavy atom. The van der Waals surface area contributed by atoms with E-state index < -0.39 is 17.8 Å². The van der Waals surface area contributed by atoms with Crippen molar-refractivity contribution >= 4 is 29.5 Å². The SMILES string of the molecule is COc1cccc(C=C2C(=O)NN(c3ccccc3)C2=O)c1OCc1ccc(C(=O)O)cc1. The molecule has 0 spiro atoms. The lowest BCUT2D eigenvalue weighted by atomic mass is 10.1. The number of carboxylic acids is 1. The van der Waals surface area contributed by atoms with Crippen molar-refractivity contribution in [2.45, 2.75) is 6.61 Å². The molecular formula is C25H20N2O6. The number of amides is 2. The summed E-state index contributed by atoms with van der Waals surface area (Å²) in [6.45, 7) is 0.132. The molecule has 0 bridgehead atoms. The molecule has 3 aromatic rings. The summed E-state index contributed by atoms with van der Waals surface area (Å²) in [5, 5.41) is 10.2. The second-order valence-electron chi connectivity index (χ2n) is 7.14. The highest BCUT2D eigenvalue weighted by molar-refractivity contribution is 6.31. The van der Waals surface area contributed by atoms with Crippen LogP contribution in [-0.2, 0) is 16.2 Å². The number of nitrogens with zero attached hydrogens (tertiary/aromatic N) is 1. The van der Waals surface area contributed by atoms with E-state index >= 15 is 0 Å². The average molecular weight is 444 g/mol. The summed E-state index contributed by atoms with van der Waals surface area (Å²) in [6, 6.07) is 20.2. The van der Waals surface area contributed by atoms with Gasteiger partial charge in [-0.05, 0) is 42.0 Å². The van der Waals surface area contributed by atoms with E-state index in [0.717, 1.165) is 5.56 Å². The lowest BCUT2D eigenvalue weighted by Crippen LogP contribution is -2.35. The van der Waals surface area contributed by atoms with E-state index in [4.69, 9.17) is 14.6 Å². The minimum Gasteiger partial charge on any atom is -0.493 e. The molecule has 33 heavy (non-hydrogen) atoms. The number of benzene rings is 3. The molecule has 0 aliphatic carbocycles. The van der Waals surface area contributed by atoms with Crippen LogP contribution in [0.25, 0.3) is 6.08 Å². The molecule has 3 aromatic carbocycles. The number of hydrogen-bond acceptors (Lipinski definition) is 5. The molecule has 4 rings (SSSR count). The van der Waals surface area contributed by atoms with Gasteiger partial charge in [0, 0.05) is 5.56 Å². The molecule has 1 heterocycles. The van der Waals surface area contributed by atoms with Crippen molar-refractivity contribution in [3.05, 3.63) is 95.1 Å². The molecule has 2 amide bonds. The van der Waals surface area contributed by atoms with Crippen LogP contribution in [0, 0.1) is 0 Å². The van der Waals surface area contributed by atoms with Crippen LogP contribution in [0.3, 0.4) is 0 Å². The van der Waals surface area contributed by atoms with Gasteiger partial charge in [-0.3, -0.25) is 15.0 Å². The number of aromatic carboxylic acids is 1. The van der Waals surface area contributed by atoms with E-state index in [1.165, 1.54) is 30.3 Å². The zero-order chi connectivity index (χ0) is 23.4. The number of carbonyl (C=O) groups is 3. The highest BCUT2D eigenvalue weighted by atomic mass is 16.5. The Hall–Kier alpha value is -4.59. The third kappa shape index (κ3) is 4.54. The molecule has 0 saturated carbocycles. The van der Waals surface area contributed by atoms with Crippen LogP contribution in [0.5, 0.6) is 11.5 Å². The highest BCUT2D eigenvalue weighted by Gasteiger charge is 2.34. The smallest absolute Gasteiger partial charge is 0.335 e. The number of hydrogen-bond donors (Lipinski definition) is 2. The van der Waals surface area contributed by atoms with Crippen LogP contribution in [0.15, 0.2) is 78.4 Å². The molecule has 8 nitrogen and oxygen atoms in total. The summed E-state index contributed by atoms with van der Waals surface area (Å²) in [5.74, 6) is -1.23. The quantitative estimate of drug-likeness (QED) is 0.427. The maximum absolute atomic E-state index is 12.9. The van der Waals surface area contributed by atoms with Crippen molar-refractivity contribution in [2.24, 2.45) is 0 Å². The molecule has 0 radical (unpaired) electrons. The van der Waals surface area contributed by atoms with Gasteiger partial charge in [-0.25, -0.2) is 9.80 Å². The number of rotatable bonds is 7. The first kappa shape index (κ1) is 21.6. The minimum atomic E-state index is -1.01. The van der Waals surface area contributed by atoms with Crippen molar-refractivity contribution in [1.82, 2.24) is 5.43 Å². The largest absolute Gasteiger partial charge is 0.493 e. The van der Waals surface area contributed by atoms with Crippen LogP contribution in [0.4, 0.5) is 5.69 Å². The fourth-order valence-electron chi connectivity index (χ4n) is 3.33. The average Bonchev–Trinajstić information content (AvgIpc) is 3.12. The van der Waals surface area contributed by atoms with E-state index in [1.807, 2.05) is 6.07 Å². The summed E-state index contributed by atoms with van der Waals surface area (Å²) in [4.78, 5) is 36.5. The van der Waals surface area contributed by atoms with Crippen LogP contribution < -0.4 is 19.9 Å². The Bertz CT molecular complexity index is 1240. The third-order valence-corrected chi connectivity index (χ3v) is 5.02. The molecular weight excluding hydrogens is 424 g/mol. The first-order chi connectivity index (χ1) is 16.0. The number of ether oxygens (including phenoxy) is 2. The Balaban J connectivity index is 1.62. The van der Waals surface area contributed by atoms with Crippen LogP contribution >= 0.6 is 0 Å². The monoisotopic (exact) mass is 444 g/mol. The lowest BCUT2D eigenvalue weighted by Gasteiger charge is -2.14. The Labute approximate surface area is 189 Å². The van der Waals surface area contributed by atoms with Crippen molar-refractivity contribution < 1.29 is 29.0 Å². The first-order valence-electron chi connectivity index (χ1n) is 10.0. The zero-order valence-corrected chi connectivity index (χ0v) is 17.6. The lowest BCUT2D eigenvalue weighted by molar-refractivity contribution is -0.117. The summed E-state index contributed by atoms with van der Waals surface area (Å²) in [6.07, 6.45) is 1.46. The zero-order valence-electron chi connectivity index (χ0n) is 17.6. The molecule has 0 unspecified atom stereocenters. The fraction of sp³-hybridized carbons (Fsp3) is 0.0800. The van der Waals surface area contributed by atoms with Gasteiger partial charge in [0.15, 0.2) is 11.5 Å². The van der Waals surface area contributed by atoms with Crippen LogP contribution in [0.2, 0.25) is 0 Å². The van der Waals surface area contributed by atoms with Gasteiger partial charge in [0.2, 0.25) is 0 Å². The maximum Gasteiger partial charge on any atom is 0.335 e.